The van der Waals surface area contributed by atoms with E-state index in [9.17, 15) is 18.4 Å². The van der Waals surface area contributed by atoms with Gasteiger partial charge in [0.2, 0.25) is 5.13 Å². The van der Waals surface area contributed by atoms with Crippen LogP contribution in [0.3, 0.4) is 0 Å². The number of ether oxygens (including phenoxy) is 2. The van der Waals surface area contributed by atoms with Gasteiger partial charge in [0, 0.05) is 62.0 Å². The SMILES string of the molecule is COC1=CN(C)C(C(F)F)C=C1c1cc(-n2ccc(C3CCOCC3)cc2=O)ncc1C(=O)Nc1nnc(C#CC2CC2)s1. The molecule has 10 nitrogen and oxygen atoms in total. The molecule has 3 aliphatic rings. The van der Waals surface area contributed by atoms with Crippen LogP contribution in [0.5, 0.6) is 0 Å². The first-order valence-corrected chi connectivity index (χ1v) is 15.1. The lowest BCUT2D eigenvalue weighted by atomic mass is 9.92. The van der Waals surface area contributed by atoms with Crippen LogP contribution in [0.1, 0.15) is 58.1 Å². The molecule has 1 saturated heterocycles. The highest BCUT2D eigenvalue weighted by Gasteiger charge is 2.30. The Morgan fingerprint density at radius 2 is 2.00 bits per heavy atom. The molecule has 1 saturated carbocycles. The topological polar surface area (TPSA) is 111 Å². The number of hydrogen-bond donors (Lipinski definition) is 1. The highest BCUT2D eigenvalue weighted by atomic mass is 32.1. The van der Waals surface area contributed by atoms with E-state index in [0.717, 1.165) is 42.6 Å². The molecule has 0 bridgehead atoms. The van der Waals surface area contributed by atoms with Crippen molar-refractivity contribution >= 4 is 27.9 Å². The third kappa shape index (κ3) is 6.41. The molecule has 13 heteroatoms. The number of likely N-dealkylation sites (N-methyl/N-ethyl adjacent to an activating group) is 1. The van der Waals surface area contributed by atoms with Crippen LogP contribution in [-0.4, -0.2) is 70.4 Å². The Labute approximate surface area is 256 Å². The summed E-state index contributed by atoms with van der Waals surface area (Å²) in [7, 11) is 2.94. The standard InChI is InChI=1S/C31H30F2N6O4S/c1-38-17-25(42-2)22(14-24(38)29(32)33)21-15-26(39-10-7-20(13-28(39)40)19-8-11-43-12-9-19)34-16-23(21)30(41)35-31-37-36-27(44-31)6-5-18-3-4-18/h7,10,13-19,24,29H,3-4,8-9,11-12H2,1-2H3,(H,35,37,41). The maximum atomic E-state index is 14.0. The van der Waals surface area contributed by atoms with Gasteiger partial charge in [-0.3, -0.25) is 19.5 Å². The number of nitrogens with zero attached hydrogens (tertiary/aromatic N) is 5. The molecule has 0 radical (unpaired) electrons. The number of halogens is 2. The Morgan fingerprint density at radius 1 is 1.20 bits per heavy atom. The number of methoxy groups -OCH3 is 1. The second-order valence-corrected chi connectivity index (χ2v) is 11.8. The number of carbonyl (C=O) groups is 1. The number of hydrogen-bond acceptors (Lipinski definition) is 9. The van der Waals surface area contributed by atoms with Crippen LogP contribution < -0.4 is 10.9 Å². The Morgan fingerprint density at radius 3 is 2.70 bits per heavy atom. The van der Waals surface area contributed by atoms with Crippen molar-refractivity contribution in [3.63, 3.8) is 0 Å². The fourth-order valence-corrected chi connectivity index (χ4v) is 5.78. The highest BCUT2D eigenvalue weighted by Crippen LogP contribution is 2.34. The van der Waals surface area contributed by atoms with E-state index in [1.54, 1.807) is 12.3 Å². The zero-order valence-electron chi connectivity index (χ0n) is 24.1. The Bertz CT molecular complexity index is 1750. The van der Waals surface area contributed by atoms with Gasteiger partial charge in [0.05, 0.1) is 12.7 Å². The number of alkyl halides is 2. The minimum Gasteiger partial charge on any atom is -0.495 e. The molecule has 2 aliphatic heterocycles. The predicted molar refractivity (Wildman–Crippen MR) is 161 cm³/mol. The number of pyridine rings is 2. The fourth-order valence-electron chi connectivity index (χ4n) is 5.18. The lowest BCUT2D eigenvalue weighted by Crippen LogP contribution is -2.35. The minimum absolute atomic E-state index is 0.0770. The van der Waals surface area contributed by atoms with Gasteiger partial charge in [0.25, 0.3) is 17.9 Å². The number of carbonyl (C=O) groups excluding carboxylic acids is 1. The molecule has 228 valence electrons. The zero-order valence-corrected chi connectivity index (χ0v) is 24.9. The Balaban J connectivity index is 1.38. The third-order valence-corrected chi connectivity index (χ3v) is 8.54. The smallest absolute Gasteiger partial charge is 0.262 e. The Kier molecular flexibility index (Phi) is 8.54. The van der Waals surface area contributed by atoms with E-state index in [4.69, 9.17) is 9.47 Å². The van der Waals surface area contributed by atoms with Gasteiger partial charge in [-0.25, -0.2) is 13.8 Å². The van der Waals surface area contributed by atoms with Crippen LogP contribution in [0.2, 0.25) is 0 Å². The van der Waals surface area contributed by atoms with Crippen LogP contribution >= 0.6 is 11.3 Å². The molecule has 0 aromatic carbocycles. The van der Waals surface area contributed by atoms with Crippen molar-refractivity contribution in [2.24, 2.45) is 5.92 Å². The maximum Gasteiger partial charge on any atom is 0.262 e. The second-order valence-electron chi connectivity index (χ2n) is 10.8. The van der Waals surface area contributed by atoms with Crippen molar-refractivity contribution in [3.8, 4) is 17.7 Å². The predicted octanol–water partition coefficient (Wildman–Crippen LogP) is 4.44. The molecule has 5 heterocycles. The van der Waals surface area contributed by atoms with Crippen LogP contribution in [-0.2, 0) is 9.47 Å². The van der Waals surface area contributed by atoms with Crippen molar-refractivity contribution in [3.05, 3.63) is 80.7 Å². The summed E-state index contributed by atoms with van der Waals surface area (Å²) < 4.78 is 40.4. The van der Waals surface area contributed by atoms with Crippen molar-refractivity contribution in [2.45, 2.75) is 44.1 Å². The molecule has 44 heavy (non-hydrogen) atoms. The molecule has 1 aliphatic carbocycles. The summed E-state index contributed by atoms with van der Waals surface area (Å²) in [5.74, 6) is 6.61. The molecule has 2 fully saturated rings. The number of rotatable bonds is 7. The van der Waals surface area contributed by atoms with Crippen molar-refractivity contribution in [1.82, 2.24) is 24.6 Å². The summed E-state index contributed by atoms with van der Waals surface area (Å²) in [6, 6.07) is 3.72. The molecular weight excluding hydrogens is 590 g/mol. The van der Waals surface area contributed by atoms with Crippen LogP contribution in [0.25, 0.3) is 11.4 Å². The maximum absolute atomic E-state index is 14.0. The summed E-state index contributed by atoms with van der Waals surface area (Å²) in [5, 5.41) is 11.5. The molecule has 1 atom stereocenters. The van der Waals surface area contributed by atoms with Crippen LogP contribution in [0.4, 0.5) is 13.9 Å². The number of amides is 1. The van der Waals surface area contributed by atoms with Gasteiger partial charge >= 0.3 is 0 Å². The normalized spacial score (nSPS) is 18.8. The number of nitrogens with one attached hydrogen (secondary N) is 1. The molecule has 3 aromatic rings. The van der Waals surface area contributed by atoms with E-state index >= 15 is 0 Å². The first-order valence-electron chi connectivity index (χ1n) is 14.3. The van der Waals surface area contributed by atoms with Crippen molar-refractivity contribution in [1.29, 1.82) is 0 Å². The third-order valence-electron chi connectivity index (χ3n) is 7.79. The number of anilines is 1. The van der Waals surface area contributed by atoms with E-state index in [1.165, 1.54) is 48.2 Å². The van der Waals surface area contributed by atoms with Gasteiger partial charge in [-0.05, 0) is 61.3 Å². The van der Waals surface area contributed by atoms with E-state index in [-0.39, 0.29) is 44.9 Å². The quantitative estimate of drug-likeness (QED) is 0.386. The highest BCUT2D eigenvalue weighted by molar-refractivity contribution is 7.15. The summed E-state index contributed by atoms with van der Waals surface area (Å²) >= 11 is 1.13. The number of aromatic nitrogens is 4. The zero-order chi connectivity index (χ0) is 30.8. The molecule has 3 aromatic heterocycles. The molecule has 6 rings (SSSR count). The lowest BCUT2D eigenvalue weighted by Gasteiger charge is -2.30. The summed E-state index contributed by atoms with van der Waals surface area (Å²) in [5.41, 5.74) is 1.23. The summed E-state index contributed by atoms with van der Waals surface area (Å²) in [4.78, 5) is 32.6. The van der Waals surface area contributed by atoms with E-state index in [1.807, 2.05) is 6.07 Å². The monoisotopic (exact) mass is 620 g/mol. The van der Waals surface area contributed by atoms with Gasteiger partial charge in [-0.2, -0.15) is 0 Å². The first-order chi connectivity index (χ1) is 21.3. The van der Waals surface area contributed by atoms with E-state index in [2.05, 4.69) is 32.3 Å². The van der Waals surface area contributed by atoms with E-state index in [0.29, 0.717) is 24.1 Å². The summed E-state index contributed by atoms with van der Waals surface area (Å²) in [6.07, 6.45) is 6.87. The van der Waals surface area contributed by atoms with Crippen molar-refractivity contribution in [2.75, 3.05) is 32.7 Å². The molecular formula is C31H30F2N6O4S. The van der Waals surface area contributed by atoms with Gasteiger partial charge in [0.15, 0.2) is 5.01 Å². The van der Waals surface area contributed by atoms with Gasteiger partial charge in [-0.15, -0.1) is 10.2 Å². The van der Waals surface area contributed by atoms with Gasteiger partial charge < -0.3 is 14.4 Å². The second kappa shape index (κ2) is 12.7. The van der Waals surface area contributed by atoms with Crippen molar-refractivity contribution < 1.29 is 23.0 Å². The average Bonchev–Trinajstić information content (AvgIpc) is 3.76. The van der Waals surface area contributed by atoms with Crippen LogP contribution in [0, 0.1) is 17.8 Å². The average molecular weight is 621 g/mol. The van der Waals surface area contributed by atoms with Crippen LogP contribution in [0.15, 0.2) is 53.4 Å². The molecule has 1 N–H and O–H groups in total. The minimum atomic E-state index is -2.71. The molecule has 0 spiro atoms. The number of allylic oxidation sites excluding steroid dienone is 1. The fraction of sp³-hybridized carbons (Fsp3) is 0.387. The van der Waals surface area contributed by atoms with Gasteiger partial charge in [0.1, 0.15) is 17.6 Å². The summed E-state index contributed by atoms with van der Waals surface area (Å²) in [6.45, 7) is 1.29. The lowest BCUT2D eigenvalue weighted by molar-refractivity contribution is 0.0780. The Hall–Kier alpha value is -4.41. The van der Waals surface area contributed by atoms with Gasteiger partial charge in [-0.1, -0.05) is 17.3 Å². The van der Waals surface area contributed by atoms with E-state index < -0.39 is 18.4 Å². The first kappa shape index (κ1) is 29.7. The molecule has 1 amide bonds. The molecule has 1 unspecified atom stereocenters. The largest absolute Gasteiger partial charge is 0.495 e.